The van der Waals surface area contributed by atoms with Gasteiger partial charge < -0.3 is 14.5 Å². The van der Waals surface area contributed by atoms with Crippen molar-refractivity contribution in [1.82, 2.24) is 20.1 Å². The molecule has 3 heterocycles. The Labute approximate surface area is 145 Å². The lowest BCUT2D eigenvalue weighted by atomic mass is 9.80. The summed E-state index contributed by atoms with van der Waals surface area (Å²) in [7, 11) is 1.95. The van der Waals surface area contributed by atoms with Gasteiger partial charge in [-0.1, -0.05) is 11.2 Å². The average Bonchev–Trinajstić information content (AvgIpc) is 3.08. The molecule has 4 rings (SSSR count). The van der Waals surface area contributed by atoms with E-state index in [1.807, 2.05) is 42.3 Å². The molecule has 0 saturated heterocycles. The Morgan fingerprint density at radius 3 is 2.80 bits per heavy atom. The van der Waals surface area contributed by atoms with Crippen LogP contribution >= 0.6 is 0 Å². The smallest absolute Gasteiger partial charge is 0.156 e. The van der Waals surface area contributed by atoms with Crippen molar-refractivity contribution in [2.24, 2.45) is 0 Å². The summed E-state index contributed by atoms with van der Waals surface area (Å²) in [5.41, 5.74) is 2.48. The number of anilines is 1. The van der Waals surface area contributed by atoms with Crippen LogP contribution < -0.4 is 4.90 Å². The van der Waals surface area contributed by atoms with E-state index >= 15 is 0 Å². The van der Waals surface area contributed by atoms with Crippen molar-refractivity contribution in [2.75, 3.05) is 11.9 Å². The van der Waals surface area contributed by atoms with E-state index in [0.717, 1.165) is 41.5 Å². The number of hydrogen-bond acceptors (Lipinski definition) is 7. The van der Waals surface area contributed by atoms with E-state index in [-0.39, 0.29) is 6.10 Å². The minimum absolute atomic E-state index is 0.194. The van der Waals surface area contributed by atoms with Gasteiger partial charge in [-0.25, -0.2) is 9.97 Å². The molecule has 1 fully saturated rings. The fraction of sp³-hybridized carbons (Fsp3) is 0.333. The van der Waals surface area contributed by atoms with Gasteiger partial charge in [0.1, 0.15) is 17.8 Å². The van der Waals surface area contributed by atoms with Crippen molar-refractivity contribution in [3.63, 3.8) is 0 Å². The maximum Gasteiger partial charge on any atom is 0.156 e. The molecule has 0 bridgehead atoms. The van der Waals surface area contributed by atoms with Crippen LogP contribution in [0.2, 0.25) is 0 Å². The molecule has 1 aliphatic carbocycles. The zero-order valence-corrected chi connectivity index (χ0v) is 13.9. The number of rotatable bonds is 5. The molecule has 0 aromatic carbocycles. The number of aliphatic hydroxyl groups excluding tert-OH is 1. The molecule has 128 valence electrons. The van der Waals surface area contributed by atoms with Gasteiger partial charge in [0.2, 0.25) is 0 Å². The largest absolute Gasteiger partial charge is 0.393 e. The fourth-order valence-corrected chi connectivity index (χ4v) is 2.96. The predicted octanol–water partition coefficient (Wildman–Crippen LogP) is 2.40. The van der Waals surface area contributed by atoms with E-state index in [0.29, 0.717) is 12.5 Å². The van der Waals surface area contributed by atoms with Crippen LogP contribution in [-0.4, -0.2) is 38.4 Å². The maximum absolute atomic E-state index is 9.47. The zero-order valence-electron chi connectivity index (χ0n) is 13.9. The van der Waals surface area contributed by atoms with Crippen LogP contribution in [0.3, 0.4) is 0 Å². The molecule has 7 heteroatoms. The van der Waals surface area contributed by atoms with Crippen LogP contribution in [-0.2, 0) is 6.54 Å². The van der Waals surface area contributed by atoms with E-state index < -0.39 is 0 Å². The van der Waals surface area contributed by atoms with Crippen LogP contribution in [0.5, 0.6) is 0 Å². The van der Waals surface area contributed by atoms with Crippen LogP contribution in [0.1, 0.15) is 30.2 Å². The first-order chi connectivity index (χ1) is 12.2. The molecular weight excluding hydrogens is 318 g/mol. The number of pyridine rings is 1. The zero-order chi connectivity index (χ0) is 17.2. The van der Waals surface area contributed by atoms with Gasteiger partial charge >= 0.3 is 0 Å². The van der Waals surface area contributed by atoms with Crippen molar-refractivity contribution >= 4 is 5.82 Å². The standard InChI is InChI=1S/C18H19N5O2/c1-23(18-9-16(20-11-21-18)12-6-13(24)7-12)10-14-8-17(22-25-14)15-4-2-3-5-19-15/h2-5,8-9,11-13,24H,6-7,10H2,1H3. The molecule has 7 nitrogen and oxygen atoms in total. The summed E-state index contributed by atoms with van der Waals surface area (Å²) in [6.07, 6.45) is 4.66. The van der Waals surface area contributed by atoms with Crippen LogP contribution in [0.4, 0.5) is 5.82 Å². The number of nitrogens with zero attached hydrogens (tertiary/aromatic N) is 5. The van der Waals surface area contributed by atoms with Gasteiger partial charge in [-0.15, -0.1) is 0 Å². The van der Waals surface area contributed by atoms with Gasteiger partial charge in [0, 0.05) is 37.0 Å². The van der Waals surface area contributed by atoms with Crippen LogP contribution in [0, 0.1) is 0 Å². The topological polar surface area (TPSA) is 88.2 Å². The summed E-state index contributed by atoms with van der Waals surface area (Å²) >= 11 is 0. The monoisotopic (exact) mass is 337 g/mol. The highest BCUT2D eigenvalue weighted by Crippen LogP contribution is 2.36. The molecule has 25 heavy (non-hydrogen) atoms. The third-order valence-electron chi connectivity index (χ3n) is 4.48. The van der Waals surface area contributed by atoms with Crippen molar-refractivity contribution < 1.29 is 9.63 Å². The first-order valence-electron chi connectivity index (χ1n) is 8.27. The molecule has 3 aromatic rings. The molecule has 0 unspecified atom stereocenters. The van der Waals surface area contributed by atoms with E-state index in [2.05, 4.69) is 20.1 Å². The molecule has 3 aromatic heterocycles. The van der Waals surface area contributed by atoms with Crippen LogP contribution in [0.15, 0.2) is 47.4 Å². The minimum Gasteiger partial charge on any atom is -0.393 e. The fourth-order valence-electron chi connectivity index (χ4n) is 2.96. The van der Waals surface area contributed by atoms with Crippen LogP contribution in [0.25, 0.3) is 11.4 Å². The second-order valence-corrected chi connectivity index (χ2v) is 6.37. The Morgan fingerprint density at radius 2 is 2.04 bits per heavy atom. The Hall–Kier alpha value is -2.80. The van der Waals surface area contributed by atoms with E-state index in [1.54, 1.807) is 12.5 Å². The Morgan fingerprint density at radius 1 is 1.16 bits per heavy atom. The van der Waals surface area contributed by atoms with E-state index in [9.17, 15) is 5.11 Å². The normalized spacial score (nSPS) is 19.4. The summed E-state index contributed by atoms with van der Waals surface area (Å²) in [6.45, 7) is 0.545. The third-order valence-corrected chi connectivity index (χ3v) is 4.48. The lowest BCUT2D eigenvalue weighted by Gasteiger charge is -2.31. The summed E-state index contributed by atoms with van der Waals surface area (Å²) in [6, 6.07) is 9.56. The molecular formula is C18H19N5O2. The molecule has 1 aliphatic rings. The summed E-state index contributed by atoms with van der Waals surface area (Å²) in [4.78, 5) is 14.9. The van der Waals surface area contributed by atoms with Gasteiger partial charge in [-0.2, -0.15) is 0 Å². The second kappa shape index (κ2) is 6.60. The highest BCUT2D eigenvalue weighted by atomic mass is 16.5. The molecule has 1 N–H and O–H groups in total. The second-order valence-electron chi connectivity index (χ2n) is 6.37. The number of aliphatic hydroxyl groups is 1. The van der Waals surface area contributed by atoms with Gasteiger partial charge in [-0.3, -0.25) is 4.98 Å². The average molecular weight is 337 g/mol. The first kappa shape index (κ1) is 15.7. The minimum atomic E-state index is -0.194. The molecule has 0 aliphatic heterocycles. The molecule has 0 radical (unpaired) electrons. The summed E-state index contributed by atoms with van der Waals surface area (Å²) in [5, 5.41) is 13.6. The van der Waals surface area contributed by atoms with E-state index in [4.69, 9.17) is 4.52 Å². The van der Waals surface area contributed by atoms with Crippen molar-refractivity contribution in [3.8, 4) is 11.4 Å². The highest BCUT2D eigenvalue weighted by Gasteiger charge is 2.30. The number of aromatic nitrogens is 4. The van der Waals surface area contributed by atoms with Gasteiger partial charge in [0.15, 0.2) is 5.76 Å². The highest BCUT2D eigenvalue weighted by molar-refractivity contribution is 5.53. The molecule has 0 amide bonds. The van der Waals surface area contributed by atoms with E-state index in [1.165, 1.54) is 0 Å². The molecule has 0 atom stereocenters. The Balaban J connectivity index is 1.46. The van der Waals surface area contributed by atoms with Gasteiger partial charge in [0.25, 0.3) is 0 Å². The maximum atomic E-state index is 9.47. The Bertz CT molecular complexity index is 845. The predicted molar refractivity (Wildman–Crippen MR) is 91.9 cm³/mol. The van der Waals surface area contributed by atoms with Gasteiger partial charge in [-0.05, 0) is 25.0 Å². The van der Waals surface area contributed by atoms with Crippen molar-refractivity contribution in [2.45, 2.75) is 31.4 Å². The Kier molecular flexibility index (Phi) is 4.15. The quantitative estimate of drug-likeness (QED) is 0.765. The number of hydrogen-bond donors (Lipinski definition) is 1. The lowest BCUT2D eigenvalue weighted by Crippen LogP contribution is -2.27. The van der Waals surface area contributed by atoms with Crippen molar-refractivity contribution in [1.29, 1.82) is 0 Å². The van der Waals surface area contributed by atoms with Crippen molar-refractivity contribution in [3.05, 3.63) is 54.3 Å². The van der Waals surface area contributed by atoms with Gasteiger partial charge in [0.05, 0.1) is 18.3 Å². The molecule has 0 spiro atoms. The SMILES string of the molecule is CN(Cc1cc(-c2ccccn2)no1)c1cc(C2CC(O)C2)ncn1. The molecule has 1 saturated carbocycles. The lowest BCUT2D eigenvalue weighted by molar-refractivity contribution is 0.0732. The summed E-state index contributed by atoms with van der Waals surface area (Å²) < 4.78 is 5.43. The first-order valence-corrected chi connectivity index (χ1v) is 8.27. The third kappa shape index (κ3) is 3.36. The summed E-state index contributed by atoms with van der Waals surface area (Å²) in [5.74, 6) is 1.88.